The van der Waals surface area contributed by atoms with E-state index in [-0.39, 0.29) is 17.2 Å². The fourth-order valence-corrected chi connectivity index (χ4v) is 1.92. The summed E-state index contributed by atoms with van der Waals surface area (Å²) in [5, 5.41) is 12.7. The number of nitrogens with one attached hydrogen (secondary N) is 1. The topological polar surface area (TPSA) is 49.3 Å². The molecule has 1 aromatic rings. The van der Waals surface area contributed by atoms with Crippen molar-refractivity contribution in [3.8, 4) is 5.75 Å². The number of aromatic hydroxyl groups is 1. The molecule has 0 atom stereocenters. The molecule has 0 fully saturated rings. The average molecular weight is 354 g/mol. The largest absolute Gasteiger partial charge is 0.507 e. The first-order valence-electron chi connectivity index (χ1n) is 4.98. The Hall–Kier alpha value is -0.490. The van der Waals surface area contributed by atoms with Gasteiger partial charge < -0.3 is 10.4 Å². The normalized spacial score (nSPS) is 10.1. The van der Waals surface area contributed by atoms with Crippen LogP contribution in [0.25, 0.3) is 0 Å². The lowest BCUT2D eigenvalue weighted by Gasteiger charge is -2.06. The summed E-state index contributed by atoms with van der Waals surface area (Å²) in [6, 6.07) is 4.47. The number of hydrogen-bond acceptors (Lipinski definition) is 2. The van der Waals surface area contributed by atoms with Gasteiger partial charge in [-0.05, 0) is 35.5 Å². The summed E-state index contributed by atoms with van der Waals surface area (Å²) in [7, 11) is 0. The average Bonchev–Trinajstić information content (AvgIpc) is 2.24. The van der Waals surface area contributed by atoms with Crippen molar-refractivity contribution in [2.45, 2.75) is 12.8 Å². The Balaban J connectivity index is 2.53. The number of carbonyl (C=O) groups excluding carboxylic acids is 1. The van der Waals surface area contributed by atoms with Gasteiger partial charge in [0.25, 0.3) is 5.91 Å². The molecule has 3 nitrogen and oxygen atoms in total. The molecule has 0 saturated carbocycles. The molecular formula is C11H13ClINO2. The second-order valence-corrected chi connectivity index (χ2v) is 4.83. The molecule has 0 bridgehead atoms. The maximum absolute atomic E-state index is 11.6. The van der Waals surface area contributed by atoms with Gasteiger partial charge in [-0.1, -0.05) is 34.2 Å². The maximum atomic E-state index is 11.6. The van der Waals surface area contributed by atoms with E-state index in [2.05, 4.69) is 27.9 Å². The van der Waals surface area contributed by atoms with E-state index in [4.69, 9.17) is 11.6 Å². The Morgan fingerprint density at radius 2 is 2.19 bits per heavy atom. The lowest BCUT2D eigenvalue weighted by atomic mass is 10.2. The molecule has 16 heavy (non-hydrogen) atoms. The highest BCUT2D eigenvalue weighted by Gasteiger charge is 2.10. The van der Waals surface area contributed by atoms with Crippen LogP contribution in [0, 0.1) is 0 Å². The lowest BCUT2D eigenvalue weighted by Crippen LogP contribution is -2.24. The lowest BCUT2D eigenvalue weighted by molar-refractivity contribution is 0.0950. The standard InChI is InChI=1S/C11H13ClINO2/c12-8-3-4-9(10(15)7-8)11(16)14-6-2-1-5-13/h3-4,7,15H,1-2,5-6H2,(H,14,16). The molecule has 0 spiro atoms. The van der Waals surface area contributed by atoms with Crippen LogP contribution in [0.2, 0.25) is 5.02 Å². The highest BCUT2D eigenvalue weighted by Crippen LogP contribution is 2.21. The second kappa shape index (κ2) is 6.96. The smallest absolute Gasteiger partial charge is 0.255 e. The van der Waals surface area contributed by atoms with Crippen LogP contribution < -0.4 is 5.32 Å². The van der Waals surface area contributed by atoms with Crippen LogP contribution in [0.1, 0.15) is 23.2 Å². The minimum atomic E-state index is -0.261. The van der Waals surface area contributed by atoms with Crippen molar-refractivity contribution >= 4 is 40.1 Å². The molecule has 0 aromatic heterocycles. The van der Waals surface area contributed by atoms with E-state index in [1.165, 1.54) is 12.1 Å². The number of amides is 1. The molecule has 0 aliphatic carbocycles. The highest BCUT2D eigenvalue weighted by atomic mass is 127. The van der Waals surface area contributed by atoms with Crippen LogP contribution >= 0.6 is 34.2 Å². The zero-order chi connectivity index (χ0) is 12.0. The first kappa shape index (κ1) is 13.6. The van der Waals surface area contributed by atoms with Gasteiger partial charge in [0.1, 0.15) is 5.75 Å². The molecule has 1 amide bonds. The molecule has 0 unspecified atom stereocenters. The molecular weight excluding hydrogens is 340 g/mol. The molecule has 1 aromatic carbocycles. The fraction of sp³-hybridized carbons (Fsp3) is 0.364. The third-order valence-electron chi connectivity index (χ3n) is 2.05. The summed E-state index contributed by atoms with van der Waals surface area (Å²) in [6.45, 7) is 0.629. The monoisotopic (exact) mass is 353 g/mol. The second-order valence-electron chi connectivity index (χ2n) is 3.31. The van der Waals surface area contributed by atoms with E-state index in [1.54, 1.807) is 6.07 Å². The molecule has 1 rings (SSSR count). The molecule has 0 saturated heterocycles. The Morgan fingerprint density at radius 3 is 2.81 bits per heavy atom. The van der Waals surface area contributed by atoms with Crippen molar-refractivity contribution in [3.63, 3.8) is 0 Å². The van der Waals surface area contributed by atoms with Gasteiger partial charge in [-0.15, -0.1) is 0 Å². The van der Waals surface area contributed by atoms with Crippen molar-refractivity contribution in [2.24, 2.45) is 0 Å². The third-order valence-corrected chi connectivity index (χ3v) is 3.05. The quantitative estimate of drug-likeness (QED) is 0.486. The number of phenols is 1. The minimum absolute atomic E-state index is 0.0844. The Kier molecular flexibility index (Phi) is 5.90. The molecule has 2 N–H and O–H groups in total. The van der Waals surface area contributed by atoms with Crippen LogP contribution in [0.15, 0.2) is 18.2 Å². The number of hydrogen-bond donors (Lipinski definition) is 2. The van der Waals surface area contributed by atoms with Crippen molar-refractivity contribution in [1.29, 1.82) is 0 Å². The van der Waals surface area contributed by atoms with Crippen LogP contribution in [-0.2, 0) is 0 Å². The summed E-state index contributed by atoms with van der Waals surface area (Å²) >= 11 is 7.97. The van der Waals surface area contributed by atoms with Gasteiger partial charge in [0.2, 0.25) is 0 Å². The summed E-state index contributed by atoms with van der Waals surface area (Å²) in [5.41, 5.74) is 0.263. The van der Waals surface area contributed by atoms with Crippen LogP contribution in [-0.4, -0.2) is 22.0 Å². The van der Waals surface area contributed by atoms with E-state index in [9.17, 15) is 9.90 Å². The van der Waals surface area contributed by atoms with Gasteiger partial charge >= 0.3 is 0 Å². The SMILES string of the molecule is O=C(NCCCCI)c1ccc(Cl)cc1O. The van der Waals surface area contributed by atoms with Gasteiger partial charge in [-0.3, -0.25) is 4.79 Å². The molecule has 0 aliphatic rings. The number of benzene rings is 1. The Labute approximate surface area is 113 Å². The zero-order valence-corrected chi connectivity index (χ0v) is 11.6. The molecule has 0 heterocycles. The first-order valence-corrected chi connectivity index (χ1v) is 6.88. The van der Waals surface area contributed by atoms with Crippen molar-refractivity contribution < 1.29 is 9.90 Å². The van der Waals surface area contributed by atoms with Gasteiger partial charge in [0, 0.05) is 11.6 Å². The summed E-state index contributed by atoms with van der Waals surface area (Å²) in [6.07, 6.45) is 2.02. The van der Waals surface area contributed by atoms with Gasteiger partial charge in [-0.2, -0.15) is 0 Å². The summed E-state index contributed by atoms with van der Waals surface area (Å²) < 4.78 is 1.08. The van der Waals surface area contributed by atoms with E-state index >= 15 is 0 Å². The van der Waals surface area contributed by atoms with Crippen LogP contribution in [0.5, 0.6) is 5.75 Å². The van der Waals surface area contributed by atoms with Gasteiger partial charge in [-0.25, -0.2) is 0 Å². The number of carbonyl (C=O) groups is 1. The predicted molar refractivity (Wildman–Crippen MR) is 73.6 cm³/mol. The predicted octanol–water partition coefficient (Wildman–Crippen LogP) is 2.99. The van der Waals surface area contributed by atoms with Gasteiger partial charge in [0.15, 0.2) is 0 Å². The van der Waals surface area contributed by atoms with Crippen LogP contribution in [0.4, 0.5) is 0 Å². The van der Waals surface area contributed by atoms with E-state index < -0.39 is 0 Å². The Bertz CT molecular complexity index is 371. The molecule has 0 aliphatic heterocycles. The Morgan fingerprint density at radius 1 is 1.44 bits per heavy atom. The van der Waals surface area contributed by atoms with E-state index in [0.717, 1.165) is 17.3 Å². The van der Waals surface area contributed by atoms with Gasteiger partial charge in [0.05, 0.1) is 5.56 Å². The third kappa shape index (κ3) is 4.17. The van der Waals surface area contributed by atoms with Crippen molar-refractivity contribution in [2.75, 3.05) is 11.0 Å². The molecule has 88 valence electrons. The van der Waals surface area contributed by atoms with Crippen LogP contribution in [0.3, 0.4) is 0 Å². The number of phenolic OH excluding ortho intramolecular Hbond substituents is 1. The zero-order valence-electron chi connectivity index (χ0n) is 8.67. The first-order chi connectivity index (χ1) is 7.65. The molecule has 0 radical (unpaired) electrons. The minimum Gasteiger partial charge on any atom is -0.507 e. The number of halogens is 2. The van der Waals surface area contributed by atoms with Crippen molar-refractivity contribution in [1.82, 2.24) is 5.32 Å². The number of rotatable bonds is 5. The van der Waals surface area contributed by atoms with E-state index in [0.29, 0.717) is 11.6 Å². The van der Waals surface area contributed by atoms with Crippen molar-refractivity contribution in [3.05, 3.63) is 28.8 Å². The molecule has 5 heteroatoms. The summed E-state index contributed by atoms with van der Waals surface area (Å²) in [5.74, 6) is -0.346. The number of alkyl halides is 1. The highest BCUT2D eigenvalue weighted by molar-refractivity contribution is 14.1. The maximum Gasteiger partial charge on any atom is 0.255 e. The fourth-order valence-electron chi connectivity index (χ4n) is 1.21. The number of unbranched alkanes of at least 4 members (excludes halogenated alkanes) is 1. The van der Waals surface area contributed by atoms with E-state index in [1.807, 2.05) is 0 Å². The summed E-state index contributed by atoms with van der Waals surface area (Å²) in [4.78, 5) is 11.6.